The van der Waals surface area contributed by atoms with Crippen LogP contribution in [0, 0.1) is 17.0 Å². The van der Waals surface area contributed by atoms with Crippen molar-refractivity contribution in [2.75, 3.05) is 5.32 Å². The van der Waals surface area contributed by atoms with Gasteiger partial charge in [-0.1, -0.05) is 11.6 Å². The predicted molar refractivity (Wildman–Crippen MR) is 89.7 cm³/mol. The van der Waals surface area contributed by atoms with E-state index in [4.69, 9.17) is 16.3 Å². The number of rotatable bonds is 5. The molecule has 1 atom stereocenters. The summed E-state index contributed by atoms with van der Waals surface area (Å²) in [5.74, 6) is -0.339. The molecule has 24 heavy (non-hydrogen) atoms. The zero-order chi connectivity index (χ0) is 17.9. The molecule has 0 fully saturated rings. The molecule has 0 heterocycles. The van der Waals surface area contributed by atoms with Crippen molar-refractivity contribution < 1.29 is 19.6 Å². The number of benzene rings is 2. The molecule has 0 saturated carbocycles. The summed E-state index contributed by atoms with van der Waals surface area (Å²) in [4.78, 5) is 22.3. The number of anilines is 1. The molecular weight excluding hydrogens is 336 g/mol. The third-order valence-corrected chi connectivity index (χ3v) is 3.49. The number of carbonyl (C=O) groups is 1. The lowest BCUT2D eigenvalue weighted by Crippen LogP contribution is -2.30. The zero-order valence-corrected chi connectivity index (χ0v) is 13.7. The Morgan fingerprint density at radius 3 is 2.67 bits per heavy atom. The van der Waals surface area contributed by atoms with Gasteiger partial charge in [-0.2, -0.15) is 0 Å². The molecule has 0 bridgehead atoms. The first kappa shape index (κ1) is 17.6. The highest BCUT2D eigenvalue weighted by Crippen LogP contribution is 2.28. The number of nitrogens with zero attached hydrogens (tertiary/aromatic N) is 1. The topological polar surface area (TPSA) is 102 Å². The fourth-order valence-corrected chi connectivity index (χ4v) is 2.19. The van der Waals surface area contributed by atoms with Gasteiger partial charge in [0, 0.05) is 17.2 Å². The molecule has 0 aliphatic rings. The van der Waals surface area contributed by atoms with E-state index in [2.05, 4.69) is 5.32 Å². The van der Waals surface area contributed by atoms with Crippen LogP contribution in [0.2, 0.25) is 5.02 Å². The molecule has 2 aromatic rings. The Bertz CT molecular complexity index is 794. The summed E-state index contributed by atoms with van der Waals surface area (Å²) in [6, 6.07) is 8.35. The van der Waals surface area contributed by atoms with E-state index in [9.17, 15) is 20.0 Å². The highest BCUT2D eigenvalue weighted by atomic mass is 35.5. The number of halogens is 1. The summed E-state index contributed by atoms with van der Waals surface area (Å²) in [6.45, 7) is 3.32. The van der Waals surface area contributed by atoms with E-state index >= 15 is 0 Å². The highest BCUT2D eigenvalue weighted by Gasteiger charge is 2.19. The third-order valence-electron chi connectivity index (χ3n) is 3.26. The first-order valence-corrected chi connectivity index (χ1v) is 7.37. The lowest BCUT2D eigenvalue weighted by molar-refractivity contribution is -0.384. The van der Waals surface area contributed by atoms with Crippen molar-refractivity contribution in [2.45, 2.75) is 20.0 Å². The number of aromatic hydroxyl groups is 1. The molecular formula is C16H15ClN2O5. The number of non-ortho nitro benzene ring substituents is 1. The zero-order valence-electron chi connectivity index (χ0n) is 12.9. The normalized spacial score (nSPS) is 11.6. The van der Waals surface area contributed by atoms with Crippen LogP contribution in [0.3, 0.4) is 0 Å². The first-order valence-electron chi connectivity index (χ1n) is 6.99. The van der Waals surface area contributed by atoms with Crippen molar-refractivity contribution in [3.05, 3.63) is 57.1 Å². The van der Waals surface area contributed by atoms with Crippen LogP contribution in [-0.4, -0.2) is 22.0 Å². The van der Waals surface area contributed by atoms with Gasteiger partial charge in [-0.05, 0) is 43.7 Å². The summed E-state index contributed by atoms with van der Waals surface area (Å²) >= 11 is 5.86. The SMILES string of the molecule is Cc1cc(Cl)ccc1OC(C)C(=O)Nc1cc([N+](=O)[O-])ccc1O. The van der Waals surface area contributed by atoms with Crippen LogP contribution in [0.1, 0.15) is 12.5 Å². The van der Waals surface area contributed by atoms with Crippen LogP contribution < -0.4 is 10.1 Å². The van der Waals surface area contributed by atoms with E-state index in [1.54, 1.807) is 25.1 Å². The summed E-state index contributed by atoms with van der Waals surface area (Å²) in [5, 5.41) is 23.5. The van der Waals surface area contributed by atoms with E-state index in [1.165, 1.54) is 6.92 Å². The predicted octanol–water partition coefficient (Wildman–Crippen LogP) is 3.67. The lowest BCUT2D eigenvalue weighted by atomic mass is 10.2. The Labute approximate surface area is 143 Å². The van der Waals surface area contributed by atoms with Crippen molar-refractivity contribution in [3.8, 4) is 11.5 Å². The maximum absolute atomic E-state index is 12.2. The second-order valence-electron chi connectivity index (χ2n) is 5.12. The van der Waals surface area contributed by atoms with Gasteiger partial charge < -0.3 is 15.2 Å². The smallest absolute Gasteiger partial charge is 0.271 e. The number of nitro groups is 1. The average Bonchev–Trinajstić information content (AvgIpc) is 2.51. The van der Waals surface area contributed by atoms with Gasteiger partial charge in [0.05, 0.1) is 10.6 Å². The number of phenolic OH excluding ortho intramolecular Hbond substituents is 1. The summed E-state index contributed by atoms with van der Waals surface area (Å²) in [7, 11) is 0. The maximum Gasteiger partial charge on any atom is 0.271 e. The quantitative estimate of drug-likeness (QED) is 0.486. The van der Waals surface area contributed by atoms with E-state index in [0.717, 1.165) is 23.8 Å². The molecule has 0 aliphatic carbocycles. The van der Waals surface area contributed by atoms with Gasteiger partial charge in [0.2, 0.25) is 0 Å². The van der Waals surface area contributed by atoms with Crippen LogP contribution in [0.15, 0.2) is 36.4 Å². The van der Waals surface area contributed by atoms with Crippen molar-refractivity contribution in [3.63, 3.8) is 0 Å². The van der Waals surface area contributed by atoms with Gasteiger partial charge in [0.1, 0.15) is 11.5 Å². The number of nitro benzene ring substituents is 1. The number of ether oxygens (including phenoxy) is 1. The Hall–Kier alpha value is -2.80. The number of carbonyl (C=O) groups excluding carboxylic acids is 1. The van der Waals surface area contributed by atoms with Gasteiger partial charge in [-0.15, -0.1) is 0 Å². The molecule has 2 aromatic carbocycles. The van der Waals surface area contributed by atoms with Crippen LogP contribution in [0.25, 0.3) is 0 Å². The fraction of sp³-hybridized carbons (Fsp3) is 0.188. The molecule has 2 N–H and O–H groups in total. The minimum Gasteiger partial charge on any atom is -0.506 e. The van der Waals surface area contributed by atoms with Crippen LogP contribution >= 0.6 is 11.6 Å². The molecule has 0 saturated heterocycles. The monoisotopic (exact) mass is 350 g/mol. The Balaban J connectivity index is 2.11. The average molecular weight is 351 g/mol. The summed E-state index contributed by atoms with van der Waals surface area (Å²) < 4.78 is 5.57. The van der Waals surface area contributed by atoms with Gasteiger partial charge >= 0.3 is 0 Å². The number of amides is 1. The Morgan fingerprint density at radius 2 is 2.04 bits per heavy atom. The molecule has 1 amide bonds. The highest BCUT2D eigenvalue weighted by molar-refractivity contribution is 6.30. The number of phenols is 1. The van der Waals surface area contributed by atoms with Crippen molar-refractivity contribution in [1.82, 2.24) is 0 Å². The molecule has 8 heteroatoms. The molecule has 0 aliphatic heterocycles. The molecule has 2 rings (SSSR count). The van der Waals surface area contributed by atoms with Gasteiger partial charge in [-0.25, -0.2) is 0 Å². The van der Waals surface area contributed by atoms with Crippen LogP contribution in [0.5, 0.6) is 11.5 Å². The molecule has 1 unspecified atom stereocenters. The standard InChI is InChI=1S/C16H15ClN2O5/c1-9-7-11(17)3-6-15(9)24-10(2)16(21)18-13-8-12(19(22)23)4-5-14(13)20/h3-8,10,20H,1-2H3,(H,18,21). The second-order valence-corrected chi connectivity index (χ2v) is 5.55. The summed E-state index contributed by atoms with van der Waals surface area (Å²) in [5.41, 5.74) is 0.461. The number of hydrogen-bond acceptors (Lipinski definition) is 5. The minimum atomic E-state index is -0.886. The number of nitrogens with one attached hydrogen (secondary N) is 1. The summed E-state index contributed by atoms with van der Waals surface area (Å²) in [6.07, 6.45) is -0.886. The van der Waals surface area contributed by atoms with E-state index in [-0.39, 0.29) is 17.1 Å². The van der Waals surface area contributed by atoms with E-state index < -0.39 is 16.9 Å². The molecule has 0 aromatic heterocycles. The minimum absolute atomic E-state index is 0.0579. The molecule has 7 nitrogen and oxygen atoms in total. The van der Waals surface area contributed by atoms with Crippen LogP contribution in [-0.2, 0) is 4.79 Å². The van der Waals surface area contributed by atoms with Crippen molar-refractivity contribution in [1.29, 1.82) is 0 Å². The number of aryl methyl sites for hydroxylation is 1. The molecule has 0 radical (unpaired) electrons. The third kappa shape index (κ3) is 4.14. The second kappa shape index (κ2) is 7.18. The van der Waals surface area contributed by atoms with E-state index in [1.807, 2.05) is 0 Å². The Morgan fingerprint density at radius 1 is 1.33 bits per heavy atom. The van der Waals surface area contributed by atoms with Gasteiger partial charge in [0.25, 0.3) is 11.6 Å². The van der Waals surface area contributed by atoms with Gasteiger partial charge in [-0.3, -0.25) is 14.9 Å². The van der Waals surface area contributed by atoms with E-state index in [0.29, 0.717) is 10.8 Å². The van der Waals surface area contributed by atoms with Gasteiger partial charge in [0.15, 0.2) is 6.10 Å². The van der Waals surface area contributed by atoms with Crippen molar-refractivity contribution in [2.24, 2.45) is 0 Å². The maximum atomic E-state index is 12.2. The van der Waals surface area contributed by atoms with Crippen LogP contribution in [0.4, 0.5) is 11.4 Å². The molecule has 126 valence electrons. The number of hydrogen-bond donors (Lipinski definition) is 2. The Kier molecular flexibility index (Phi) is 5.25. The largest absolute Gasteiger partial charge is 0.506 e. The lowest BCUT2D eigenvalue weighted by Gasteiger charge is -2.16. The fourth-order valence-electron chi connectivity index (χ4n) is 1.96. The first-order chi connectivity index (χ1) is 11.3. The van der Waals surface area contributed by atoms with Crippen molar-refractivity contribution >= 4 is 28.9 Å². The molecule has 0 spiro atoms.